The quantitative estimate of drug-likeness (QED) is 0.0489. The third kappa shape index (κ3) is 36.6. The molecule has 6 heteroatoms. The molecule has 0 atom stereocenters. The highest BCUT2D eigenvalue weighted by molar-refractivity contribution is 7.64. The second-order valence-corrected chi connectivity index (χ2v) is 20.7. The first-order valence-electron chi connectivity index (χ1n) is 16.2. The van der Waals surface area contributed by atoms with Crippen LogP contribution in [0.15, 0.2) is 0 Å². The molecule has 0 bridgehead atoms. The third-order valence-corrected chi connectivity index (χ3v) is 10.2. The minimum absolute atomic E-state index is 0.340. The molecule has 0 unspecified atom stereocenters. The van der Waals surface area contributed by atoms with Crippen molar-refractivity contribution >= 4 is 45.2 Å². The molecule has 0 fully saturated rings. The minimum atomic E-state index is -2.37. The Bertz CT molecular complexity index is 472. The summed E-state index contributed by atoms with van der Waals surface area (Å²) in [5, 5.41) is 8.62. The van der Waals surface area contributed by atoms with Gasteiger partial charge in [-0.25, -0.2) is 0 Å². The normalized spacial score (nSPS) is 11.9. The standard InChI is InChI=1S/C31H61Cl3O2Si/c32-37(33,34)30-28-26-24-22-20-18-16-14-12-10-8-6-4-2-1-3-5-7-9-11-13-15-17-19-21-23-25-27-29-31(35)36/h1-30H2,(H,35,36). The number of hydrogen-bond acceptors (Lipinski definition) is 1. The van der Waals surface area contributed by atoms with Crippen molar-refractivity contribution in [1.82, 2.24) is 0 Å². The molecule has 0 amide bonds. The van der Waals surface area contributed by atoms with Crippen LogP contribution in [-0.2, 0) is 4.79 Å². The SMILES string of the molecule is O=C(O)CCCCCCCCCCCCCCCCCCCCCCCCCCCCCC[Si](Cl)(Cl)Cl. The lowest BCUT2D eigenvalue weighted by molar-refractivity contribution is -0.137. The molecule has 0 aliphatic heterocycles. The lowest BCUT2D eigenvalue weighted by Gasteiger charge is -2.07. The first-order chi connectivity index (χ1) is 17.9. The second-order valence-electron chi connectivity index (χ2n) is 11.4. The first-order valence-corrected chi connectivity index (χ1v) is 21.4. The highest BCUT2D eigenvalue weighted by atomic mass is 35.8. The molecular weight excluding hydrogens is 539 g/mol. The van der Waals surface area contributed by atoms with Crippen LogP contribution in [-0.4, -0.2) is 17.1 Å². The third-order valence-electron chi connectivity index (χ3n) is 7.60. The van der Waals surface area contributed by atoms with Gasteiger partial charge in [-0.05, 0) is 12.5 Å². The fourth-order valence-corrected chi connectivity index (χ4v) is 7.05. The molecule has 0 saturated heterocycles. The van der Waals surface area contributed by atoms with Gasteiger partial charge in [-0.1, -0.05) is 173 Å². The van der Waals surface area contributed by atoms with Crippen molar-refractivity contribution in [2.45, 2.75) is 192 Å². The van der Waals surface area contributed by atoms with Gasteiger partial charge in [0.25, 0.3) is 0 Å². The Kier molecular flexibility index (Phi) is 30.0. The Morgan fingerprint density at radius 1 is 0.378 bits per heavy atom. The lowest BCUT2D eigenvalue weighted by atomic mass is 10.0. The molecule has 0 heterocycles. The molecule has 0 aromatic carbocycles. The van der Waals surface area contributed by atoms with Crippen molar-refractivity contribution in [2.24, 2.45) is 0 Å². The Morgan fingerprint density at radius 2 is 0.568 bits per heavy atom. The maximum Gasteiger partial charge on any atom is 0.341 e. The van der Waals surface area contributed by atoms with E-state index in [0.29, 0.717) is 6.42 Å². The van der Waals surface area contributed by atoms with Gasteiger partial charge in [0.1, 0.15) is 0 Å². The average Bonchev–Trinajstić information content (AvgIpc) is 2.84. The predicted octanol–water partition coefficient (Wildman–Crippen LogP) is 13.0. The first kappa shape index (κ1) is 37.6. The van der Waals surface area contributed by atoms with Crippen LogP contribution in [0.5, 0.6) is 0 Å². The summed E-state index contributed by atoms with van der Waals surface area (Å²) in [6.07, 6.45) is 38.1. The van der Waals surface area contributed by atoms with E-state index in [4.69, 9.17) is 38.3 Å². The van der Waals surface area contributed by atoms with Crippen molar-refractivity contribution in [3.63, 3.8) is 0 Å². The highest BCUT2D eigenvalue weighted by Crippen LogP contribution is 2.27. The molecule has 1 N–H and O–H groups in total. The molecule has 0 rings (SSSR count). The van der Waals surface area contributed by atoms with E-state index in [1.165, 1.54) is 161 Å². The number of hydrogen-bond donors (Lipinski definition) is 1. The van der Waals surface area contributed by atoms with Crippen LogP contribution in [0.25, 0.3) is 0 Å². The monoisotopic (exact) mass is 598 g/mol. The molecule has 0 spiro atoms. The number of carboxylic acid groups (broad SMARTS) is 1. The Morgan fingerprint density at radius 3 is 0.757 bits per heavy atom. The van der Waals surface area contributed by atoms with Gasteiger partial charge in [-0.3, -0.25) is 4.79 Å². The largest absolute Gasteiger partial charge is 0.481 e. The summed E-state index contributed by atoms with van der Waals surface area (Å²) in [6.45, 7) is 0. The van der Waals surface area contributed by atoms with Crippen LogP contribution in [0, 0.1) is 0 Å². The maximum absolute atomic E-state index is 10.5. The van der Waals surface area contributed by atoms with Gasteiger partial charge in [0.05, 0.1) is 0 Å². The van der Waals surface area contributed by atoms with Gasteiger partial charge in [0.15, 0.2) is 0 Å². The van der Waals surface area contributed by atoms with Crippen LogP contribution >= 0.6 is 33.2 Å². The fraction of sp³-hybridized carbons (Fsp3) is 0.968. The van der Waals surface area contributed by atoms with Crippen molar-refractivity contribution in [3.8, 4) is 0 Å². The summed E-state index contributed by atoms with van der Waals surface area (Å²) in [7, 11) is 0. The number of carboxylic acids is 1. The average molecular weight is 600 g/mol. The summed E-state index contributed by atoms with van der Waals surface area (Å²) in [6, 6.07) is -1.55. The number of unbranched alkanes of at least 4 members (excludes halogenated alkanes) is 27. The fourth-order valence-electron chi connectivity index (χ4n) is 5.20. The van der Waals surface area contributed by atoms with Gasteiger partial charge < -0.3 is 5.11 Å². The molecule has 2 nitrogen and oxygen atoms in total. The van der Waals surface area contributed by atoms with E-state index in [-0.39, 0.29) is 0 Å². The molecule has 0 saturated carbocycles. The predicted molar refractivity (Wildman–Crippen MR) is 170 cm³/mol. The zero-order valence-corrected chi connectivity index (χ0v) is 27.5. The van der Waals surface area contributed by atoms with E-state index in [9.17, 15) is 4.79 Å². The van der Waals surface area contributed by atoms with Crippen LogP contribution in [0.2, 0.25) is 6.04 Å². The molecule has 0 radical (unpaired) electrons. The Labute approximate surface area is 246 Å². The van der Waals surface area contributed by atoms with E-state index in [0.717, 1.165) is 25.3 Å². The highest BCUT2D eigenvalue weighted by Gasteiger charge is 2.23. The summed E-state index contributed by atoms with van der Waals surface area (Å²) < 4.78 is 0. The number of aliphatic carboxylic acids is 1. The van der Waals surface area contributed by atoms with Gasteiger partial charge >= 0.3 is 12.0 Å². The topological polar surface area (TPSA) is 37.3 Å². The van der Waals surface area contributed by atoms with E-state index >= 15 is 0 Å². The lowest BCUT2D eigenvalue weighted by Crippen LogP contribution is -2.07. The van der Waals surface area contributed by atoms with Gasteiger partial charge in [0.2, 0.25) is 0 Å². The number of halogens is 3. The van der Waals surface area contributed by atoms with Crippen molar-refractivity contribution < 1.29 is 9.90 Å². The summed E-state index contributed by atoms with van der Waals surface area (Å²) >= 11 is 17.7. The van der Waals surface area contributed by atoms with Crippen molar-refractivity contribution in [2.75, 3.05) is 0 Å². The molecule has 0 aliphatic carbocycles. The second kappa shape index (κ2) is 29.5. The van der Waals surface area contributed by atoms with Gasteiger partial charge in [0, 0.05) is 6.42 Å². The molecule has 0 aromatic heterocycles. The maximum atomic E-state index is 10.5. The summed E-state index contributed by atoms with van der Waals surface area (Å²) in [5.41, 5.74) is 0. The number of carbonyl (C=O) groups is 1. The Balaban J connectivity index is 3.05. The van der Waals surface area contributed by atoms with Crippen LogP contribution in [0.3, 0.4) is 0 Å². The van der Waals surface area contributed by atoms with E-state index in [1.54, 1.807) is 0 Å². The van der Waals surface area contributed by atoms with Crippen LogP contribution in [0.4, 0.5) is 0 Å². The van der Waals surface area contributed by atoms with Crippen LogP contribution in [0.1, 0.15) is 186 Å². The van der Waals surface area contributed by atoms with Gasteiger partial charge in [-0.2, -0.15) is 0 Å². The Hall–Kier alpha value is 0.557. The van der Waals surface area contributed by atoms with Crippen molar-refractivity contribution in [3.05, 3.63) is 0 Å². The molecular formula is C31H61Cl3O2Si. The minimum Gasteiger partial charge on any atom is -0.481 e. The smallest absolute Gasteiger partial charge is 0.341 e. The van der Waals surface area contributed by atoms with Crippen LogP contribution < -0.4 is 0 Å². The molecule has 0 aliphatic rings. The van der Waals surface area contributed by atoms with E-state index in [1.807, 2.05) is 0 Å². The van der Waals surface area contributed by atoms with Gasteiger partial charge in [-0.15, -0.1) is 33.2 Å². The van der Waals surface area contributed by atoms with Crippen molar-refractivity contribution in [1.29, 1.82) is 0 Å². The molecule has 37 heavy (non-hydrogen) atoms. The van der Waals surface area contributed by atoms with E-state index in [2.05, 4.69) is 0 Å². The summed E-state index contributed by atoms with van der Waals surface area (Å²) in [5.74, 6) is -0.654. The molecule has 0 aromatic rings. The molecule has 222 valence electrons. The zero-order chi connectivity index (χ0) is 27.3. The van der Waals surface area contributed by atoms with E-state index < -0.39 is 12.0 Å². The summed E-state index contributed by atoms with van der Waals surface area (Å²) in [4.78, 5) is 10.5. The zero-order valence-electron chi connectivity index (χ0n) is 24.2. The number of rotatable bonds is 31.